The maximum absolute atomic E-state index is 4.54. The average Bonchev–Trinajstić information content (AvgIpc) is 3.32. The zero-order valence-corrected chi connectivity index (χ0v) is 16.1. The van der Waals surface area contributed by atoms with Gasteiger partial charge in [-0.25, -0.2) is 9.97 Å². The minimum atomic E-state index is 0.586. The van der Waals surface area contributed by atoms with Crippen LogP contribution in [0, 0.1) is 6.92 Å². The summed E-state index contributed by atoms with van der Waals surface area (Å²) in [5.74, 6) is 1.62. The molecule has 0 fully saturated rings. The van der Waals surface area contributed by atoms with Crippen molar-refractivity contribution in [2.24, 2.45) is 12.0 Å². The van der Waals surface area contributed by atoms with Crippen LogP contribution in [0.25, 0.3) is 10.6 Å². The molecule has 7 nitrogen and oxygen atoms in total. The number of nitrogens with one attached hydrogen (secondary N) is 2. The number of nitrogens with zero attached hydrogens (tertiary/aromatic N) is 5. The van der Waals surface area contributed by atoms with E-state index in [1.54, 1.807) is 40.7 Å². The van der Waals surface area contributed by atoms with E-state index >= 15 is 0 Å². The van der Waals surface area contributed by atoms with Crippen molar-refractivity contribution in [1.82, 2.24) is 30.4 Å². The van der Waals surface area contributed by atoms with E-state index in [1.165, 1.54) is 9.75 Å². The summed E-state index contributed by atoms with van der Waals surface area (Å²) < 4.78 is 1.74. The highest BCUT2D eigenvalue weighted by atomic mass is 32.1. The van der Waals surface area contributed by atoms with Gasteiger partial charge in [0.2, 0.25) is 0 Å². The number of aromatic nitrogens is 4. The molecule has 0 atom stereocenters. The van der Waals surface area contributed by atoms with Crippen molar-refractivity contribution in [1.29, 1.82) is 0 Å². The van der Waals surface area contributed by atoms with Gasteiger partial charge in [0.15, 0.2) is 5.96 Å². The summed E-state index contributed by atoms with van der Waals surface area (Å²) in [6.07, 6.45) is 2.49. The minimum absolute atomic E-state index is 0.586. The van der Waals surface area contributed by atoms with E-state index in [0.717, 1.165) is 35.5 Å². The van der Waals surface area contributed by atoms with Gasteiger partial charge in [-0.15, -0.1) is 22.7 Å². The van der Waals surface area contributed by atoms with Gasteiger partial charge in [0.1, 0.15) is 12.2 Å². The maximum Gasteiger partial charge on any atom is 0.191 e. The second-order valence-electron chi connectivity index (χ2n) is 5.42. The third kappa shape index (κ3) is 4.64. The van der Waals surface area contributed by atoms with Crippen molar-refractivity contribution in [3.8, 4) is 10.6 Å². The van der Waals surface area contributed by atoms with Crippen molar-refractivity contribution in [2.75, 3.05) is 13.6 Å². The Labute approximate surface area is 154 Å². The van der Waals surface area contributed by atoms with Crippen LogP contribution < -0.4 is 10.6 Å². The first-order chi connectivity index (χ1) is 12.2. The predicted octanol–water partition coefficient (Wildman–Crippen LogP) is 2.22. The maximum atomic E-state index is 4.54. The van der Waals surface area contributed by atoms with Crippen LogP contribution in [0.2, 0.25) is 0 Å². The van der Waals surface area contributed by atoms with Crippen LogP contribution in [0.3, 0.4) is 0 Å². The molecule has 0 aliphatic carbocycles. The van der Waals surface area contributed by atoms with Gasteiger partial charge in [-0.2, -0.15) is 5.10 Å². The molecule has 0 aliphatic heterocycles. The molecule has 0 amide bonds. The molecule has 0 saturated carbocycles. The fourth-order valence-electron chi connectivity index (χ4n) is 2.29. The molecule has 0 saturated heterocycles. The first kappa shape index (κ1) is 17.6. The number of guanidine groups is 1. The highest BCUT2D eigenvalue weighted by molar-refractivity contribution is 7.16. The lowest BCUT2D eigenvalue weighted by molar-refractivity contribution is 0.672. The second-order valence-corrected chi connectivity index (χ2v) is 7.65. The van der Waals surface area contributed by atoms with Crippen LogP contribution in [0.1, 0.15) is 15.7 Å². The van der Waals surface area contributed by atoms with E-state index in [9.17, 15) is 0 Å². The molecule has 3 heterocycles. The summed E-state index contributed by atoms with van der Waals surface area (Å²) in [6.45, 7) is 3.43. The molecule has 9 heteroatoms. The largest absolute Gasteiger partial charge is 0.356 e. The zero-order valence-electron chi connectivity index (χ0n) is 14.5. The number of thiophene rings is 1. The molecule has 132 valence electrons. The lowest BCUT2D eigenvalue weighted by atomic mass is 10.3. The number of aliphatic imine (C=N–C) groups is 1. The number of rotatable bonds is 6. The highest BCUT2D eigenvalue weighted by Crippen LogP contribution is 2.29. The predicted molar refractivity (Wildman–Crippen MR) is 103 cm³/mol. The van der Waals surface area contributed by atoms with Crippen LogP contribution in [-0.2, 0) is 20.0 Å². The summed E-state index contributed by atoms with van der Waals surface area (Å²) in [7, 11) is 3.64. The van der Waals surface area contributed by atoms with Crippen LogP contribution in [-0.4, -0.2) is 39.3 Å². The van der Waals surface area contributed by atoms with Crippen molar-refractivity contribution in [3.63, 3.8) is 0 Å². The molecule has 0 radical (unpaired) electrons. The Morgan fingerprint density at radius 2 is 2.20 bits per heavy atom. The Bertz CT molecular complexity index is 846. The average molecular weight is 376 g/mol. The molecule has 0 aliphatic rings. The van der Waals surface area contributed by atoms with Crippen LogP contribution in [0.5, 0.6) is 0 Å². The summed E-state index contributed by atoms with van der Waals surface area (Å²) >= 11 is 3.48. The highest BCUT2D eigenvalue weighted by Gasteiger charge is 2.07. The molecular weight excluding hydrogens is 354 g/mol. The normalized spacial score (nSPS) is 11.7. The van der Waals surface area contributed by atoms with Gasteiger partial charge in [0, 0.05) is 30.9 Å². The third-order valence-electron chi connectivity index (χ3n) is 3.64. The molecule has 3 aromatic rings. The molecular formula is C16H21N7S2. The standard InChI is InChI=1S/C16H21N7S2/c1-11-22-13(9-24-11)14-5-4-12(25-14)6-7-18-16(17-2)19-8-15-20-10-21-23(15)3/h4-5,9-10H,6-8H2,1-3H3,(H2,17,18,19). The van der Waals surface area contributed by atoms with Crippen molar-refractivity contribution < 1.29 is 0 Å². The van der Waals surface area contributed by atoms with E-state index in [0.29, 0.717) is 6.54 Å². The lowest BCUT2D eigenvalue weighted by Crippen LogP contribution is -2.38. The van der Waals surface area contributed by atoms with Crippen molar-refractivity contribution in [3.05, 3.63) is 39.5 Å². The van der Waals surface area contributed by atoms with Crippen LogP contribution in [0.4, 0.5) is 0 Å². The van der Waals surface area contributed by atoms with E-state index in [2.05, 4.69) is 48.2 Å². The lowest BCUT2D eigenvalue weighted by Gasteiger charge is -2.10. The fraction of sp³-hybridized carbons (Fsp3) is 0.375. The molecule has 2 N–H and O–H groups in total. The Morgan fingerprint density at radius 1 is 1.32 bits per heavy atom. The molecule has 0 spiro atoms. The van der Waals surface area contributed by atoms with Crippen molar-refractivity contribution >= 4 is 28.6 Å². The van der Waals surface area contributed by atoms with Gasteiger partial charge in [-0.1, -0.05) is 0 Å². The number of thiazole rings is 1. The van der Waals surface area contributed by atoms with Gasteiger partial charge < -0.3 is 10.6 Å². The van der Waals surface area contributed by atoms with Crippen LogP contribution in [0.15, 0.2) is 28.8 Å². The van der Waals surface area contributed by atoms with E-state index < -0.39 is 0 Å². The Balaban J connectivity index is 1.47. The quantitative estimate of drug-likeness (QED) is 0.510. The molecule has 0 aromatic carbocycles. The second kappa shape index (κ2) is 8.21. The summed E-state index contributed by atoms with van der Waals surface area (Å²) in [6, 6.07) is 4.32. The smallest absolute Gasteiger partial charge is 0.191 e. The fourth-order valence-corrected chi connectivity index (χ4v) is 3.95. The van der Waals surface area contributed by atoms with E-state index in [-0.39, 0.29) is 0 Å². The van der Waals surface area contributed by atoms with Gasteiger partial charge in [0.05, 0.1) is 22.1 Å². The number of hydrogen-bond acceptors (Lipinski definition) is 6. The third-order valence-corrected chi connectivity index (χ3v) is 5.58. The summed E-state index contributed by atoms with van der Waals surface area (Å²) in [5, 5.41) is 13.8. The molecule has 3 rings (SSSR count). The number of hydrogen-bond donors (Lipinski definition) is 2. The first-order valence-corrected chi connectivity index (χ1v) is 9.64. The van der Waals surface area contributed by atoms with Crippen LogP contribution >= 0.6 is 22.7 Å². The molecule has 25 heavy (non-hydrogen) atoms. The molecule has 0 bridgehead atoms. The molecule has 0 unspecified atom stereocenters. The Kier molecular flexibility index (Phi) is 5.77. The minimum Gasteiger partial charge on any atom is -0.356 e. The van der Waals surface area contributed by atoms with E-state index in [1.807, 2.05) is 14.0 Å². The SMILES string of the molecule is CN=C(NCCc1ccc(-c2csc(C)n2)s1)NCc1ncnn1C. The van der Waals surface area contributed by atoms with E-state index in [4.69, 9.17) is 0 Å². The number of aryl methyl sites for hydroxylation is 2. The summed E-state index contributed by atoms with van der Waals surface area (Å²) in [4.78, 5) is 15.5. The zero-order chi connectivity index (χ0) is 17.6. The van der Waals surface area contributed by atoms with Gasteiger partial charge in [-0.05, 0) is 25.5 Å². The Hall–Kier alpha value is -2.26. The first-order valence-electron chi connectivity index (χ1n) is 7.94. The van der Waals surface area contributed by atoms with Gasteiger partial charge >= 0.3 is 0 Å². The Morgan fingerprint density at radius 3 is 2.88 bits per heavy atom. The monoisotopic (exact) mass is 375 g/mol. The molecule has 3 aromatic heterocycles. The van der Waals surface area contributed by atoms with Gasteiger partial charge in [0.25, 0.3) is 0 Å². The van der Waals surface area contributed by atoms with Gasteiger partial charge in [-0.3, -0.25) is 9.67 Å². The topological polar surface area (TPSA) is 80.0 Å². The van der Waals surface area contributed by atoms with Crippen molar-refractivity contribution in [2.45, 2.75) is 19.9 Å². The summed E-state index contributed by atoms with van der Waals surface area (Å²) in [5.41, 5.74) is 1.08.